The third-order valence-electron chi connectivity index (χ3n) is 0.750. The minimum Gasteiger partial charge on any atom is -0.480 e. The molecule has 0 aromatic carbocycles. The Morgan fingerprint density at radius 1 is 1.60 bits per heavy atom. The Morgan fingerprint density at radius 2 is 2.10 bits per heavy atom. The lowest BCUT2D eigenvalue weighted by Crippen LogP contribution is -2.29. The third kappa shape index (κ3) is 3.48. The number of primary amides is 1. The van der Waals surface area contributed by atoms with Gasteiger partial charge in [0.1, 0.15) is 6.54 Å². The Bertz CT molecular complexity index is 176. The van der Waals surface area contributed by atoms with Crippen LogP contribution in [0, 0.1) is 0 Å². The Kier molecular flexibility index (Phi) is 2.96. The van der Waals surface area contributed by atoms with Crippen LogP contribution in [0.2, 0.25) is 0 Å². The summed E-state index contributed by atoms with van der Waals surface area (Å²) in [5.41, 5.74) is 4.63. The maximum Gasteiger partial charge on any atom is 0.322 e. The largest absolute Gasteiger partial charge is 0.480 e. The van der Waals surface area contributed by atoms with E-state index in [9.17, 15) is 9.59 Å². The monoisotopic (exact) mass is 144 g/mol. The van der Waals surface area contributed by atoms with Crippen molar-refractivity contribution < 1.29 is 14.7 Å². The summed E-state index contributed by atoms with van der Waals surface area (Å²) < 4.78 is 0. The average molecular weight is 144 g/mol. The van der Waals surface area contributed by atoms with Crippen LogP contribution in [0.15, 0.2) is 12.3 Å². The number of hydrogen-bond acceptors (Lipinski definition) is 3. The van der Waals surface area contributed by atoms with Crippen molar-refractivity contribution in [1.82, 2.24) is 5.32 Å². The van der Waals surface area contributed by atoms with Gasteiger partial charge in [-0.3, -0.25) is 9.59 Å². The van der Waals surface area contributed by atoms with Gasteiger partial charge in [-0.05, 0) is 0 Å². The van der Waals surface area contributed by atoms with Crippen LogP contribution in [0.1, 0.15) is 0 Å². The molecule has 0 aliphatic carbocycles. The number of carboxylic acid groups (broad SMARTS) is 1. The maximum atomic E-state index is 10.2. The second-order valence-corrected chi connectivity index (χ2v) is 1.59. The predicted molar refractivity (Wildman–Crippen MR) is 34.0 cm³/mol. The van der Waals surface area contributed by atoms with E-state index in [-0.39, 0.29) is 12.2 Å². The first-order valence-electron chi connectivity index (χ1n) is 2.48. The van der Waals surface area contributed by atoms with Crippen LogP contribution in [0.25, 0.3) is 0 Å². The molecule has 5 nitrogen and oxygen atoms in total. The van der Waals surface area contributed by atoms with Crippen molar-refractivity contribution in [2.24, 2.45) is 5.73 Å². The molecule has 4 N–H and O–H groups in total. The van der Waals surface area contributed by atoms with Gasteiger partial charge < -0.3 is 16.2 Å². The first-order valence-corrected chi connectivity index (χ1v) is 2.48. The van der Waals surface area contributed by atoms with Gasteiger partial charge in [0.15, 0.2) is 0 Å². The Hall–Kier alpha value is -1.52. The van der Waals surface area contributed by atoms with Crippen molar-refractivity contribution in [2.75, 3.05) is 6.54 Å². The van der Waals surface area contributed by atoms with Gasteiger partial charge in [0, 0.05) is 0 Å². The highest BCUT2D eigenvalue weighted by Crippen LogP contribution is 1.77. The van der Waals surface area contributed by atoms with Crippen molar-refractivity contribution in [3.8, 4) is 0 Å². The van der Waals surface area contributed by atoms with Crippen molar-refractivity contribution in [3.63, 3.8) is 0 Å². The van der Waals surface area contributed by atoms with E-state index in [1.807, 2.05) is 0 Å². The number of nitrogens with one attached hydrogen (secondary N) is 1. The van der Waals surface area contributed by atoms with Crippen LogP contribution in [0.3, 0.4) is 0 Å². The predicted octanol–water partition coefficient (Wildman–Crippen LogP) is -1.34. The van der Waals surface area contributed by atoms with Crippen molar-refractivity contribution in [3.05, 3.63) is 12.3 Å². The minimum atomic E-state index is -1.07. The number of rotatable bonds is 4. The standard InChI is InChI=1S/C5H8N2O3/c1-3(5(6)10)7-2-4(8)9/h7H,1-2H2,(H2,6,10)(H,8,9). The number of carbonyl (C=O) groups is 2. The summed E-state index contributed by atoms with van der Waals surface area (Å²) in [6, 6.07) is 0. The van der Waals surface area contributed by atoms with Gasteiger partial charge in [0.2, 0.25) is 0 Å². The fourth-order valence-electron chi connectivity index (χ4n) is 0.269. The summed E-state index contributed by atoms with van der Waals surface area (Å²) in [6.07, 6.45) is 0. The summed E-state index contributed by atoms with van der Waals surface area (Å²) in [5, 5.41) is 10.3. The lowest BCUT2D eigenvalue weighted by Gasteiger charge is -2.00. The number of aliphatic carboxylic acids is 1. The van der Waals surface area contributed by atoms with Crippen molar-refractivity contribution >= 4 is 11.9 Å². The van der Waals surface area contributed by atoms with E-state index in [1.165, 1.54) is 0 Å². The summed E-state index contributed by atoms with van der Waals surface area (Å²) in [5.74, 6) is -1.82. The minimum absolute atomic E-state index is 0.0950. The van der Waals surface area contributed by atoms with Crippen LogP contribution < -0.4 is 11.1 Å². The van der Waals surface area contributed by atoms with Gasteiger partial charge in [-0.25, -0.2) is 0 Å². The number of hydrogen-bond donors (Lipinski definition) is 3. The van der Waals surface area contributed by atoms with E-state index in [0.717, 1.165) is 0 Å². The van der Waals surface area contributed by atoms with Gasteiger partial charge >= 0.3 is 5.97 Å². The Balaban J connectivity index is 3.60. The maximum absolute atomic E-state index is 10.2. The normalized spacial score (nSPS) is 8.40. The molecule has 0 heterocycles. The molecular weight excluding hydrogens is 136 g/mol. The van der Waals surface area contributed by atoms with E-state index in [0.29, 0.717) is 0 Å². The SMILES string of the molecule is C=C(NCC(=O)O)C(N)=O. The lowest BCUT2D eigenvalue weighted by molar-refractivity contribution is -0.135. The lowest BCUT2D eigenvalue weighted by atomic mass is 10.4. The van der Waals surface area contributed by atoms with Crippen molar-refractivity contribution in [1.29, 1.82) is 0 Å². The van der Waals surface area contributed by atoms with E-state index < -0.39 is 11.9 Å². The van der Waals surface area contributed by atoms with E-state index >= 15 is 0 Å². The number of amides is 1. The molecule has 0 atom stereocenters. The summed E-state index contributed by atoms with van der Waals surface area (Å²) in [4.78, 5) is 20.0. The molecular formula is C5H8N2O3. The van der Waals surface area contributed by atoms with Gasteiger partial charge in [0.25, 0.3) is 5.91 Å². The summed E-state index contributed by atoms with van der Waals surface area (Å²) in [7, 11) is 0. The highest BCUT2D eigenvalue weighted by Gasteiger charge is 2.01. The molecule has 5 heteroatoms. The molecule has 0 unspecified atom stereocenters. The zero-order chi connectivity index (χ0) is 8.15. The molecule has 0 aliphatic heterocycles. The van der Waals surface area contributed by atoms with E-state index in [1.54, 1.807) is 0 Å². The third-order valence-corrected chi connectivity index (χ3v) is 0.750. The summed E-state index contributed by atoms with van der Waals surface area (Å²) in [6.45, 7) is 2.83. The molecule has 10 heavy (non-hydrogen) atoms. The first-order chi connectivity index (χ1) is 4.54. The smallest absolute Gasteiger partial charge is 0.322 e. The highest BCUT2D eigenvalue weighted by atomic mass is 16.4. The fourth-order valence-corrected chi connectivity index (χ4v) is 0.269. The Morgan fingerprint density at radius 3 is 2.40 bits per heavy atom. The average Bonchev–Trinajstić information content (AvgIpc) is 1.82. The van der Waals surface area contributed by atoms with E-state index in [2.05, 4.69) is 11.9 Å². The van der Waals surface area contributed by atoms with Crippen LogP contribution in [0.4, 0.5) is 0 Å². The first kappa shape index (κ1) is 8.48. The Labute approximate surface area is 57.5 Å². The second kappa shape index (κ2) is 3.49. The molecule has 0 radical (unpaired) electrons. The zero-order valence-corrected chi connectivity index (χ0v) is 5.26. The molecule has 56 valence electrons. The number of nitrogens with two attached hydrogens (primary N) is 1. The number of carboxylic acids is 1. The molecule has 1 amide bonds. The van der Waals surface area contributed by atoms with E-state index in [4.69, 9.17) is 10.8 Å². The topological polar surface area (TPSA) is 92.4 Å². The van der Waals surface area contributed by atoms with Crippen molar-refractivity contribution in [2.45, 2.75) is 0 Å². The number of carbonyl (C=O) groups excluding carboxylic acids is 1. The second-order valence-electron chi connectivity index (χ2n) is 1.59. The molecule has 0 spiro atoms. The molecule has 0 saturated carbocycles. The van der Waals surface area contributed by atoms with Gasteiger partial charge in [0.05, 0.1) is 5.70 Å². The molecule has 0 fully saturated rings. The molecule has 0 rings (SSSR count). The van der Waals surface area contributed by atoms with Crippen LogP contribution in [0.5, 0.6) is 0 Å². The zero-order valence-electron chi connectivity index (χ0n) is 5.26. The molecule has 0 aliphatic rings. The highest BCUT2D eigenvalue weighted by molar-refractivity contribution is 5.91. The van der Waals surface area contributed by atoms with Crippen LogP contribution >= 0.6 is 0 Å². The van der Waals surface area contributed by atoms with Gasteiger partial charge in [-0.1, -0.05) is 6.58 Å². The molecule has 0 bridgehead atoms. The summed E-state index contributed by atoms with van der Waals surface area (Å²) >= 11 is 0. The van der Waals surface area contributed by atoms with Gasteiger partial charge in [-0.2, -0.15) is 0 Å². The van der Waals surface area contributed by atoms with Crippen LogP contribution in [-0.4, -0.2) is 23.5 Å². The molecule has 0 saturated heterocycles. The molecule has 0 aromatic heterocycles. The molecule has 0 aromatic rings. The quantitative estimate of drug-likeness (QED) is 0.426. The fraction of sp³-hybridized carbons (Fsp3) is 0.200. The van der Waals surface area contributed by atoms with Gasteiger partial charge in [-0.15, -0.1) is 0 Å². The van der Waals surface area contributed by atoms with Crippen LogP contribution in [-0.2, 0) is 9.59 Å².